The van der Waals surface area contributed by atoms with Crippen molar-refractivity contribution in [1.29, 1.82) is 0 Å². The number of unbranched alkanes of at least 4 members (excludes halogenated alkanes) is 1. The number of nitrogens with zero attached hydrogens (tertiary/aromatic N) is 2. The van der Waals surface area contributed by atoms with Crippen LogP contribution in [0.3, 0.4) is 0 Å². The summed E-state index contributed by atoms with van der Waals surface area (Å²) in [6.07, 6.45) is 9.78. The minimum atomic E-state index is -0.318. The Kier molecular flexibility index (Phi) is 5.10. The van der Waals surface area contributed by atoms with Crippen molar-refractivity contribution in [2.75, 3.05) is 0 Å². The molecule has 0 aromatic rings. The van der Waals surface area contributed by atoms with Gasteiger partial charge in [0.25, 0.3) is 0 Å². The topological polar surface area (TPSA) is 58.9 Å². The number of hydrogen-bond acceptors (Lipinski definition) is 4. The molecule has 0 radical (unpaired) electrons. The molecule has 0 aromatic heterocycles. The molecule has 0 N–H and O–H groups in total. The highest BCUT2D eigenvalue weighted by atomic mass is 16.1. The van der Waals surface area contributed by atoms with E-state index in [2.05, 4.69) is 16.9 Å². The van der Waals surface area contributed by atoms with Crippen LogP contribution >= 0.6 is 0 Å². The van der Waals surface area contributed by atoms with E-state index in [4.69, 9.17) is 0 Å². The molecule has 1 rings (SSSR count). The van der Waals surface area contributed by atoms with Crippen LogP contribution in [0.15, 0.2) is 9.98 Å². The van der Waals surface area contributed by atoms with E-state index < -0.39 is 0 Å². The Labute approximate surface area is 95.9 Å². The summed E-state index contributed by atoms with van der Waals surface area (Å²) in [5.41, 5.74) is -0.318. The van der Waals surface area contributed by atoms with Crippen molar-refractivity contribution in [3.8, 4) is 0 Å². The number of aliphatic imine (C=N–C) groups is 2. The number of rotatable bonds is 5. The molecule has 1 saturated carbocycles. The van der Waals surface area contributed by atoms with Crippen LogP contribution in [0.25, 0.3) is 0 Å². The summed E-state index contributed by atoms with van der Waals surface area (Å²) < 4.78 is 0. The van der Waals surface area contributed by atoms with Crippen molar-refractivity contribution >= 4 is 12.2 Å². The molecule has 4 heteroatoms. The first-order valence-corrected chi connectivity index (χ1v) is 5.92. The van der Waals surface area contributed by atoms with Gasteiger partial charge in [-0.25, -0.2) is 14.6 Å². The molecular weight excluding hydrogens is 204 g/mol. The molecule has 16 heavy (non-hydrogen) atoms. The van der Waals surface area contributed by atoms with E-state index in [1.54, 1.807) is 12.2 Å². The van der Waals surface area contributed by atoms with E-state index in [-0.39, 0.29) is 11.6 Å². The SMILES string of the molecule is CCCCC1(N=C=O)CCCC(N=C=O)C1. The third-order valence-electron chi connectivity index (χ3n) is 3.31. The van der Waals surface area contributed by atoms with Crippen LogP contribution in [-0.2, 0) is 9.59 Å². The number of carbonyl (C=O) groups excluding carboxylic acids is 2. The van der Waals surface area contributed by atoms with Gasteiger partial charge in [-0.1, -0.05) is 19.8 Å². The van der Waals surface area contributed by atoms with Gasteiger partial charge in [-0.05, 0) is 32.1 Å². The summed E-state index contributed by atoms with van der Waals surface area (Å²) in [6, 6.07) is -0.0137. The summed E-state index contributed by atoms with van der Waals surface area (Å²) >= 11 is 0. The van der Waals surface area contributed by atoms with E-state index in [1.165, 1.54) is 0 Å². The molecule has 0 bridgehead atoms. The van der Waals surface area contributed by atoms with Crippen LogP contribution in [0.4, 0.5) is 0 Å². The van der Waals surface area contributed by atoms with E-state index >= 15 is 0 Å². The van der Waals surface area contributed by atoms with Crippen LogP contribution in [0.2, 0.25) is 0 Å². The van der Waals surface area contributed by atoms with Crippen LogP contribution in [0, 0.1) is 0 Å². The van der Waals surface area contributed by atoms with E-state index in [0.29, 0.717) is 6.42 Å². The first kappa shape index (κ1) is 12.8. The molecule has 0 spiro atoms. The zero-order chi connectivity index (χ0) is 11.9. The quantitative estimate of drug-likeness (QED) is 0.530. The Balaban J connectivity index is 2.74. The largest absolute Gasteiger partial charge is 0.235 e. The van der Waals surface area contributed by atoms with Gasteiger partial charge in [-0.2, -0.15) is 4.99 Å². The summed E-state index contributed by atoms with van der Waals surface area (Å²) in [4.78, 5) is 28.5. The second kappa shape index (κ2) is 6.37. The van der Waals surface area contributed by atoms with Gasteiger partial charge in [0.15, 0.2) is 0 Å². The predicted octanol–water partition coefficient (Wildman–Crippen LogP) is 2.53. The van der Waals surface area contributed by atoms with Gasteiger partial charge in [-0.3, -0.25) is 0 Å². The number of hydrogen-bond donors (Lipinski definition) is 0. The molecule has 0 amide bonds. The summed E-state index contributed by atoms with van der Waals surface area (Å²) in [5.74, 6) is 0. The maximum atomic E-state index is 10.5. The molecule has 0 saturated heterocycles. The Morgan fingerprint density at radius 3 is 2.81 bits per heavy atom. The highest BCUT2D eigenvalue weighted by Crippen LogP contribution is 2.36. The van der Waals surface area contributed by atoms with Gasteiger partial charge in [0.05, 0.1) is 11.6 Å². The second-order valence-electron chi connectivity index (χ2n) is 4.50. The van der Waals surface area contributed by atoms with Gasteiger partial charge in [0.1, 0.15) is 0 Å². The van der Waals surface area contributed by atoms with E-state index in [9.17, 15) is 9.59 Å². The maximum absolute atomic E-state index is 10.5. The lowest BCUT2D eigenvalue weighted by molar-refractivity contribution is 0.251. The summed E-state index contributed by atoms with van der Waals surface area (Å²) in [5, 5.41) is 0. The highest BCUT2D eigenvalue weighted by molar-refractivity contribution is 5.36. The molecule has 0 aliphatic heterocycles. The molecule has 88 valence electrons. The fraction of sp³-hybridized carbons (Fsp3) is 0.833. The lowest BCUT2D eigenvalue weighted by Gasteiger charge is -2.34. The third kappa shape index (κ3) is 3.41. The fourth-order valence-electron chi connectivity index (χ4n) is 2.48. The molecule has 4 nitrogen and oxygen atoms in total. The fourth-order valence-corrected chi connectivity index (χ4v) is 2.48. The molecular formula is C12H18N2O2. The summed E-state index contributed by atoms with van der Waals surface area (Å²) in [6.45, 7) is 2.11. The lowest BCUT2D eigenvalue weighted by Crippen LogP contribution is -2.35. The Hall–Kier alpha value is -1.24. The Bertz CT molecular complexity index is 317. The molecule has 0 aromatic carbocycles. The lowest BCUT2D eigenvalue weighted by atomic mass is 9.76. The van der Waals surface area contributed by atoms with Gasteiger partial charge in [0, 0.05) is 0 Å². The normalized spacial score (nSPS) is 28.9. The maximum Gasteiger partial charge on any atom is 0.235 e. The summed E-state index contributed by atoms with van der Waals surface area (Å²) in [7, 11) is 0. The van der Waals surface area contributed by atoms with Crippen molar-refractivity contribution in [2.24, 2.45) is 9.98 Å². The van der Waals surface area contributed by atoms with Crippen LogP contribution in [0.1, 0.15) is 51.9 Å². The minimum absolute atomic E-state index is 0.0137. The highest BCUT2D eigenvalue weighted by Gasteiger charge is 2.35. The van der Waals surface area contributed by atoms with Gasteiger partial charge in [-0.15, -0.1) is 0 Å². The predicted molar refractivity (Wildman–Crippen MR) is 60.8 cm³/mol. The molecule has 1 fully saturated rings. The van der Waals surface area contributed by atoms with Gasteiger partial charge >= 0.3 is 0 Å². The average molecular weight is 222 g/mol. The molecule has 0 heterocycles. The van der Waals surface area contributed by atoms with Crippen molar-refractivity contribution in [1.82, 2.24) is 0 Å². The first-order valence-electron chi connectivity index (χ1n) is 5.92. The van der Waals surface area contributed by atoms with Crippen LogP contribution < -0.4 is 0 Å². The van der Waals surface area contributed by atoms with Crippen LogP contribution in [-0.4, -0.2) is 23.7 Å². The zero-order valence-corrected chi connectivity index (χ0v) is 9.74. The monoisotopic (exact) mass is 222 g/mol. The minimum Gasteiger partial charge on any atom is -0.211 e. The number of isocyanates is 2. The Morgan fingerprint density at radius 1 is 1.38 bits per heavy atom. The molecule has 2 atom stereocenters. The smallest absolute Gasteiger partial charge is 0.211 e. The molecule has 2 unspecified atom stereocenters. The van der Waals surface area contributed by atoms with E-state index in [1.807, 2.05) is 0 Å². The molecule has 1 aliphatic carbocycles. The molecule has 1 aliphatic rings. The van der Waals surface area contributed by atoms with Crippen molar-refractivity contribution in [2.45, 2.75) is 63.5 Å². The van der Waals surface area contributed by atoms with E-state index in [0.717, 1.165) is 38.5 Å². The Morgan fingerprint density at radius 2 is 2.19 bits per heavy atom. The van der Waals surface area contributed by atoms with Crippen molar-refractivity contribution in [3.63, 3.8) is 0 Å². The van der Waals surface area contributed by atoms with Crippen molar-refractivity contribution < 1.29 is 9.59 Å². The third-order valence-corrected chi connectivity index (χ3v) is 3.31. The van der Waals surface area contributed by atoms with Crippen molar-refractivity contribution in [3.05, 3.63) is 0 Å². The van der Waals surface area contributed by atoms with Gasteiger partial charge < -0.3 is 0 Å². The first-order chi connectivity index (χ1) is 7.76. The second-order valence-corrected chi connectivity index (χ2v) is 4.50. The van der Waals surface area contributed by atoms with Gasteiger partial charge in [0.2, 0.25) is 12.2 Å². The standard InChI is InChI=1S/C12H18N2O2/c1-2-3-6-12(14-10-16)7-4-5-11(8-12)13-9-15/h11H,2-8H2,1H3. The van der Waals surface area contributed by atoms with Crippen LogP contribution in [0.5, 0.6) is 0 Å². The zero-order valence-electron chi connectivity index (χ0n) is 9.74. The average Bonchev–Trinajstić information content (AvgIpc) is 2.28.